The topological polar surface area (TPSA) is 73.1 Å². The van der Waals surface area contributed by atoms with Gasteiger partial charge in [-0.15, -0.1) is 0 Å². The molecule has 4 heterocycles. The standard InChI is InChI=1S/C22H25N5O/c1-17-3-4-19(13-23)21(25-17)26-12-2-8-22(15-26)9-5-20(28)27(16-22)14-18-6-10-24-11-7-18/h3-4,6-7,10-11H,2,5,8-9,12,14-16H2,1H3/t22-/m1/s1. The van der Waals surface area contributed by atoms with E-state index in [9.17, 15) is 10.1 Å². The molecule has 6 heteroatoms. The summed E-state index contributed by atoms with van der Waals surface area (Å²) in [6, 6.07) is 9.97. The van der Waals surface area contributed by atoms with Crippen LogP contribution in [0.1, 0.15) is 42.5 Å². The third kappa shape index (κ3) is 3.70. The summed E-state index contributed by atoms with van der Waals surface area (Å²) in [4.78, 5) is 25.5. The highest BCUT2D eigenvalue weighted by Gasteiger charge is 2.42. The molecule has 0 saturated carbocycles. The molecule has 2 aliphatic rings. The number of hydrogen-bond donors (Lipinski definition) is 0. The second-order valence-corrected chi connectivity index (χ2v) is 8.07. The number of anilines is 1. The van der Waals surface area contributed by atoms with Gasteiger partial charge in [-0.25, -0.2) is 4.98 Å². The molecule has 0 N–H and O–H groups in total. The summed E-state index contributed by atoms with van der Waals surface area (Å²) in [5.74, 6) is 1.02. The van der Waals surface area contributed by atoms with Crippen molar-refractivity contribution in [1.82, 2.24) is 14.9 Å². The predicted molar refractivity (Wildman–Crippen MR) is 106 cm³/mol. The van der Waals surface area contributed by atoms with E-state index >= 15 is 0 Å². The Morgan fingerprint density at radius 3 is 2.79 bits per heavy atom. The minimum Gasteiger partial charge on any atom is -0.355 e. The van der Waals surface area contributed by atoms with Crippen molar-refractivity contribution in [1.29, 1.82) is 5.26 Å². The largest absolute Gasteiger partial charge is 0.355 e. The average Bonchev–Trinajstić information content (AvgIpc) is 2.72. The van der Waals surface area contributed by atoms with E-state index in [4.69, 9.17) is 0 Å². The fourth-order valence-corrected chi connectivity index (χ4v) is 4.55. The number of nitrogens with zero attached hydrogens (tertiary/aromatic N) is 5. The minimum atomic E-state index is 0.0668. The lowest BCUT2D eigenvalue weighted by Gasteiger charge is -2.48. The number of pyridine rings is 2. The highest BCUT2D eigenvalue weighted by molar-refractivity contribution is 5.77. The molecule has 2 fully saturated rings. The molecule has 6 nitrogen and oxygen atoms in total. The molecular formula is C22H25N5O. The van der Waals surface area contributed by atoms with Gasteiger partial charge in [0.2, 0.25) is 5.91 Å². The molecular weight excluding hydrogens is 350 g/mol. The third-order valence-corrected chi connectivity index (χ3v) is 5.97. The number of rotatable bonds is 3. The number of aromatic nitrogens is 2. The van der Waals surface area contributed by atoms with Gasteiger partial charge in [0.15, 0.2) is 0 Å². The molecule has 4 rings (SSSR count). The van der Waals surface area contributed by atoms with E-state index in [1.807, 2.05) is 36.1 Å². The third-order valence-electron chi connectivity index (χ3n) is 5.97. The van der Waals surface area contributed by atoms with E-state index in [0.717, 1.165) is 56.0 Å². The number of carbonyl (C=O) groups excluding carboxylic acids is 1. The van der Waals surface area contributed by atoms with Crippen LogP contribution in [0.4, 0.5) is 5.82 Å². The lowest BCUT2D eigenvalue weighted by Crippen LogP contribution is -2.54. The van der Waals surface area contributed by atoms with E-state index in [-0.39, 0.29) is 11.3 Å². The molecule has 1 spiro atoms. The Hall–Kier alpha value is -2.94. The van der Waals surface area contributed by atoms with Crippen LogP contribution in [-0.4, -0.2) is 40.4 Å². The first kappa shape index (κ1) is 18.4. The van der Waals surface area contributed by atoms with E-state index in [0.29, 0.717) is 18.5 Å². The molecule has 28 heavy (non-hydrogen) atoms. The Morgan fingerprint density at radius 1 is 1.18 bits per heavy atom. The molecule has 2 aliphatic heterocycles. The Bertz CT molecular complexity index is 907. The summed E-state index contributed by atoms with van der Waals surface area (Å²) in [7, 11) is 0. The predicted octanol–water partition coefficient (Wildman–Crippen LogP) is 3.07. The summed E-state index contributed by atoms with van der Waals surface area (Å²) in [5, 5.41) is 9.51. The van der Waals surface area contributed by atoms with Gasteiger partial charge in [0.25, 0.3) is 0 Å². The average molecular weight is 375 g/mol. The number of piperidine rings is 2. The molecule has 0 radical (unpaired) electrons. The van der Waals surface area contributed by atoms with Crippen LogP contribution in [0.5, 0.6) is 0 Å². The molecule has 2 aromatic rings. The number of aryl methyl sites for hydroxylation is 1. The van der Waals surface area contributed by atoms with Crippen molar-refractivity contribution < 1.29 is 4.79 Å². The van der Waals surface area contributed by atoms with Gasteiger partial charge in [0, 0.05) is 56.1 Å². The summed E-state index contributed by atoms with van der Waals surface area (Å²) in [5.41, 5.74) is 2.73. The van der Waals surface area contributed by atoms with Crippen LogP contribution < -0.4 is 4.90 Å². The fraction of sp³-hybridized carbons (Fsp3) is 0.455. The van der Waals surface area contributed by atoms with Crippen LogP contribution in [0.2, 0.25) is 0 Å². The zero-order chi connectivity index (χ0) is 19.6. The van der Waals surface area contributed by atoms with Crippen LogP contribution in [0.3, 0.4) is 0 Å². The lowest BCUT2D eigenvalue weighted by atomic mass is 9.73. The first-order valence-electron chi connectivity index (χ1n) is 9.88. The van der Waals surface area contributed by atoms with Crippen molar-refractivity contribution >= 4 is 11.7 Å². The second kappa shape index (κ2) is 7.59. The van der Waals surface area contributed by atoms with Crippen LogP contribution in [-0.2, 0) is 11.3 Å². The van der Waals surface area contributed by atoms with E-state index < -0.39 is 0 Å². The Morgan fingerprint density at radius 2 is 2.00 bits per heavy atom. The van der Waals surface area contributed by atoms with Crippen molar-refractivity contribution in [2.24, 2.45) is 5.41 Å². The first-order valence-corrected chi connectivity index (χ1v) is 9.88. The van der Waals surface area contributed by atoms with Crippen molar-refractivity contribution in [2.45, 2.75) is 39.2 Å². The van der Waals surface area contributed by atoms with Crippen molar-refractivity contribution in [3.63, 3.8) is 0 Å². The molecule has 144 valence electrons. The molecule has 0 aliphatic carbocycles. The van der Waals surface area contributed by atoms with Gasteiger partial charge >= 0.3 is 0 Å². The van der Waals surface area contributed by atoms with Gasteiger partial charge < -0.3 is 9.80 Å². The zero-order valence-electron chi connectivity index (χ0n) is 16.3. The summed E-state index contributed by atoms with van der Waals surface area (Å²) in [6.07, 6.45) is 7.20. The van der Waals surface area contributed by atoms with Crippen molar-refractivity contribution in [3.05, 3.63) is 53.5 Å². The molecule has 0 unspecified atom stereocenters. The molecule has 1 atom stereocenters. The number of carbonyl (C=O) groups is 1. The minimum absolute atomic E-state index is 0.0668. The number of likely N-dealkylation sites (tertiary alicyclic amines) is 1. The summed E-state index contributed by atoms with van der Waals surface area (Å²) >= 11 is 0. The van der Waals surface area contributed by atoms with Gasteiger partial charge in [0.1, 0.15) is 11.9 Å². The van der Waals surface area contributed by atoms with Gasteiger partial charge in [0.05, 0.1) is 5.56 Å². The maximum absolute atomic E-state index is 12.6. The van der Waals surface area contributed by atoms with Gasteiger partial charge in [-0.1, -0.05) is 0 Å². The SMILES string of the molecule is Cc1ccc(C#N)c(N2CCC[C@@]3(CCC(=O)N(Cc4ccncc4)C3)C2)n1. The Kier molecular flexibility index (Phi) is 4.99. The van der Waals surface area contributed by atoms with Crippen LogP contribution >= 0.6 is 0 Å². The molecule has 1 amide bonds. The number of nitriles is 1. The zero-order valence-corrected chi connectivity index (χ0v) is 16.3. The quantitative estimate of drug-likeness (QED) is 0.824. The van der Waals surface area contributed by atoms with E-state index in [1.165, 1.54) is 0 Å². The molecule has 2 aromatic heterocycles. The number of hydrogen-bond acceptors (Lipinski definition) is 5. The molecule has 0 bridgehead atoms. The van der Waals surface area contributed by atoms with Gasteiger partial charge in [-0.2, -0.15) is 5.26 Å². The highest BCUT2D eigenvalue weighted by Crippen LogP contribution is 2.40. The highest BCUT2D eigenvalue weighted by atomic mass is 16.2. The number of amides is 1. The van der Waals surface area contributed by atoms with Crippen LogP contribution in [0, 0.1) is 23.7 Å². The van der Waals surface area contributed by atoms with Crippen molar-refractivity contribution in [2.75, 3.05) is 24.5 Å². The first-order chi connectivity index (χ1) is 13.6. The second-order valence-electron chi connectivity index (χ2n) is 8.07. The summed E-state index contributed by atoms with van der Waals surface area (Å²) < 4.78 is 0. The molecule has 2 saturated heterocycles. The van der Waals surface area contributed by atoms with E-state index in [2.05, 4.69) is 20.9 Å². The van der Waals surface area contributed by atoms with Crippen molar-refractivity contribution in [3.8, 4) is 6.07 Å². The monoisotopic (exact) mass is 375 g/mol. The summed E-state index contributed by atoms with van der Waals surface area (Å²) in [6.45, 7) is 5.11. The fourth-order valence-electron chi connectivity index (χ4n) is 4.55. The Labute approximate surface area is 165 Å². The van der Waals surface area contributed by atoms with Crippen LogP contribution in [0.25, 0.3) is 0 Å². The smallest absolute Gasteiger partial charge is 0.222 e. The molecule has 0 aromatic carbocycles. The van der Waals surface area contributed by atoms with Gasteiger partial charge in [-0.05, 0) is 56.0 Å². The maximum atomic E-state index is 12.6. The Balaban J connectivity index is 1.55. The maximum Gasteiger partial charge on any atom is 0.222 e. The van der Waals surface area contributed by atoms with Crippen LogP contribution in [0.15, 0.2) is 36.7 Å². The lowest BCUT2D eigenvalue weighted by molar-refractivity contribution is -0.138. The van der Waals surface area contributed by atoms with E-state index in [1.54, 1.807) is 12.4 Å². The normalized spacial score (nSPS) is 22.4. The van der Waals surface area contributed by atoms with Gasteiger partial charge in [-0.3, -0.25) is 9.78 Å².